The zero-order valence-corrected chi connectivity index (χ0v) is 13.2. The molecule has 0 unspecified atom stereocenters. The molecule has 2 aromatic heterocycles. The molecule has 3 aromatic rings. The molecule has 0 saturated heterocycles. The molecule has 0 fully saturated rings. The first-order valence-corrected chi connectivity index (χ1v) is 7.72. The van der Waals surface area contributed by atoms with E-state index < -0.39 is 0 Å². The third kappa shape index (κ3) is 2.87. The Morgan fingerprint density at radius 1 is 1.36 bits per heavy atom. The molecule has 2 heterocycles. The minimum absolute atomic E-state index is 0.0945. The molecule has 5 heteroatoms. The summed E-state index contributed by atoms with van der Waals surface area (Å²) in [5.74, 6) is 5.88. The van der Waals surface area contributed by atoms with Crippen LogP contribution in [0, 0.1) is 18.8 Å². The minimum Gasteiger partial charge on any atom is -0.340 e. The Bertz CT molecular complexity index is 847. The molecule has 1 N–H and O–H groups in total. The second-order valence-electron chi connectivity index (χ2n) is 4.89. The predicted molar refractivity (Wildman–Crippen MR) is 89.0 cm³/mol. The highest BCUT2D eigenvalue weighted by Crippen LogP contribution is 2.27. The fraction of sp³-hybridized carbons (Fsp3) is 0.176. The molecule has 0 aliphatic heterocycles. The number of thiophene rings is 1. The van der Waals surface area contributed by atoms with Crippen LogP contribution < -0.4 is 5.32 Å². The van der Waals surface area contributed by atoms with E-state index in [2.05, 4.69) is 22.3 Å². The van der Waals surface area contributed by atoms with Gasteiger partial charge in [0.15, 0.2) is 0 Å². The van der Waals surface area contributed by atoms with Crippen LogP contribution in [0.4, 0.5) is 0 Å². The second-order valence-corrected chi connectivity index (χ2v) is 5.92. The Kier molecular flexibility index (Phi) is 3.94. The molecule has 0 saturated carbocycles. The molecule has 0 bridgehead atoms. The molecular weight excluding hydrogens is 294 g/mol. The number of carbonyl (C=O) groups is 1. The first-order chi connectivity index (χ1) is 10.6. The molecule has 110 valence electrons. The largest absolute Gasteiger partial charge is 0.340 e. The molecule has 0 aliphatic carbocycles. The standard InChI is InChI=1S/C17H15N3OS/c1-12-14-11-15(22-17(14)20(2)19-12)16(21)18-10-6-9-13-7-4-3-5-8-13/h3-5,7-8,11H,10H2,1-2H3,(H,18,21). The minimum atomic E-state index is -0.0945. The molecule has 3 rings (SSSR count). The lowest BCUT2D eigenvalue weighted by atomic mass is 10.2. The quantitative estimate of drug-likeness (QED) is 0.740. The molecule has 4 nitrogen and oxygen atoms in total. The lowest BCUT2D eigenvalue weighted by Crippen LogP contribution is -2.22. The van der Waals surface area contributed by atoms with E-state index in [9.17, 15) is 4.79 Å². The van der Waals surface area contributed by atoms with Crippen molar-refractivity contribution in [3.63, 3.8) is 0 Å². The molecular formula is C17H15N3OS. The van der Waals surface area contributed by atoms with E-state index in [4.69, 9.17) is 0 Å². The van der Waals surface area contributed by atoms with Gasteiger partial charge in [0.25, 0.3) is 5.91 Å². The number of hydrogen-bond acceptors (Lipinski definition) is 3. The maximum Gasteiger partial charge on any atom is 0.262 e. The molecule has 0 atom stereocenters. The van der Waals surface area contributed by atoms with Crippen LogP contribution in [0.2, 0.25) is 0 Å². The van der Waals surface area contributed by atoms with E-state index in [1.165, 1.54) is 11.3 Å². The average molecular weight is 309 g/mol. The average Bonchev–Trinajstić information content (AvgIpc) is 3.07. The Morgan fingerprint density at radius 2 is 2.14 bits per heavy atom. The Morgan fingerprint density at radius 3 is 2.86 bits per heavy atom. The van der Waals surface area contributed by atoms with E-state index in [1.54, 1.807) is 4.68 Å². The van der Waals surface area contributed by atoms with E-state index in [0.29, 0.717) is 11.4 Å². The van der Waals surface area contributed by atoms with Crippen LogP contribution in [0.15, 0.2) is 36.4 Å². The normalized spacial score (nSPS) is 10.3. The van der Waals surface area contributed by atoms with Crippen molar-refractivity contribution in [2.24, 2.45) is 7.05 Å². The van der Waals surface area contributed by atoms with E-state index >= 15 is 0 Å². The van der Waals surface area contributed by atoms with Gasteiger partial charge in [0.2, 0.25) is 0 Å². The molecule has 0 aliphatic rings. The number of carbonyl (C=O) groups excluding carboxylic acids is 1. The fourth-order valence-electron chi connectivity index (χ4n) is 2.20. The van der Waals surface area contributed by atoms with Crippen LogP contribution in [-0.2, 0) is 7.05 Å². The maximum atomic E-state index is 12.1. The maximum absolute atomic E-state index is 12.1. The van der Waals surface area contributed by atoms with E-state index in [0.717, 1.165) is 21.5 Å². The van der Waals surface area contributed by atoms with Gasteiger partial charge >= 0.3 is 0 Å². The highest BCUT2D eigenvalue weighted by atomic mass is 32.1. The highest BCUT2D eigenvalue weighted by molar-refractivity contribution is 7.20. The summed E-state index contributed by atoms with van der Waals surface area (Å²) in [6.07, 6.45) is 0. The van der Waals surface area contributed by atoms with E-state index in [1.807, 2.05) is 50.4 Å². The van der Waals surface area contributed by atoms with Gasteiger partial charge in [-0.1, -0.05) is 30.0 Å². The van der Waals surface area contributed by atoms with Crippen LogP contribution in [0.3, 0.4) is 0 Å². The van der Waals surface area contributed by atoms with Crippen molar-refractivity contribution in [2.75, 3.05) is 6.54 Å². The predicted octanol–water partition coefficient (Wildman–Crippen LogP) is 2.72. The van der Waals surface area contributed by atoms with Gasteiger partial charge < -0.3 is 5.32 Å². The van der Waals surface area contributed by atoms with Crippen LogP contribution in [0.25, 0.3) is 10.2 Å². The summed E-state index contributed by atoms with van der Waals surface area (Å²) >= 11 is 1.45. The van der Waals surface area contributed by atoms with Gasteiger partial charge in [-0.3, -0.25) is 9.48 Å². The van der Waals surface area contributed by atoms with Gasteiger partial charge in [-0.05, 0) is 25.1 Å². The summed E-state index contributed by atoms with van der Waals surface area (Å²) in [5, 5.41) is 8.19. The zero-order chi connectivity index (χ0) is 15.5. The summed E-state index contributed by atoms with van der Waals surface area (Å²) in [6, 6.07) is 11.6. The van der Waals surface area contributed by atoms with Crippen molar-refractivity contribution in [2.45, 2.75) is 6.92 Å². The Labute approximate surface area is 132 Å². The summed E-state index contributed by atoms with van der Waals surface area (Å²) in [4.78, 5) is 13.8. The lowest BCUT2D eigenvalue weighted by Gasteiger charge is -1.97. The topological polar surface area (TPSA) is 46.9 Å². The third-order valence-corrected chi connectivity index (χ3v) is 4.46. The van der Waals surface area contributed by atoms with Crippen molar-refractivity contribution < 1.29 is 4.79 Å². The number of aromatic nitrogens is 2. The van der Waals surface area contributed by atoms with Gasteiger partial charge in [-0.25, -0.2) is 0 Å². The van der Waals surface area contributed by atoms with E-state index in [-0.39, 0.29) is 5.91 Å². The monoisotopic (exact) mass is 309 g/mol. The molecule has 22 heavy (non-hydrogen) atoms. The summed E-state index contributed by atoms with van der Waals surface area (Å²) in [5.41, 5.74) is 1.89. The summed E-state index contributed by atoms with van der Waals surface area (Å²) < 4.78 is 1.81. The number of nitrogens with one attached hydrogen (secondary N) is 1. The lowest BCUT2D eigenvalue weighted by molar-refractivity contribution is 0.0963. The number of aryl methyl sites for hydroxylation is 2. The van der Waals surface area contributed by atoms with Gasteiger partial charge in [-0.15, -0.1) is 11.3 Å². The molecule has 0 spiro atoms. The van der Waals surface area contributed by atoms with Gasteiger partial charge in [-0.2, -0.15) is 5.10 Å². The smallest absolute Gasteiger partial charge is 0.262 e. The van der Waals surface area contributed by atoms with Crippen LogP contribution in [0.1, 0.15) is 20.9 Å². The van der Waals surface area contributed by atoms with Crippen molar-refractivity contribution >= 4 is 27.5 Å². The number of amides is 1. The van der Waals surface area contributed by atoms with Crippen LogP contribution in [-0.4, -0.2) is 22.2 Å². The summed E-state index contributed by atoms with van der Waals surface area (Å²) in [6.45, 7) is 2.28. The second kappa shape index (κ2) is 6.04. The number of rotatable bonds is 2. The van der Waals surface area contributed by atoms with Crippen molar-refractivity contribution in [3.05, 3.63) is 52.5 Å². The number of hydrogen-bond donors (Lipinski definition) is 1. The van der Waals surface area contributed by atoms with Gasteiger partial charge in [0.1, 0.15) is 4.83 Å². The molecule has 0 radical (unpaired) electrons. The molecule has 1 aromatic carbocycles. The SMILES string of the molecule is Cc1nn(C)c2sc(C(=O)NCC#Cc3ccccc3)cc12. The third-order valence-electron chi connectivity index (χ3n) is 3.26. The Balaban J connectivity index is 1.66. The van der Waals surface area contributed by atoms with Crippen LogP contribution in [0.5, 0.6) is 0 Å². The first-order valence-electron chi connectivity index (χ1n) is 6.90. The fourth-order valence-corrected chi connectivity index (χ4v) is 3.24. The van der Waals surface area contributed by atoms with Crippen molar-refractivity contribution in [1.29, 1.82) is 0 Å². The highest BCUT2D eigenvalue weighted by Gasteiger charge is 2.14. The zero-order valence-electron chi connectivity index (χ0n) is 12.4. The first kappa shape index (κ1) is 14.4. The van der Waals surface area contributed by atoms with Gasteiger partial charge in [0.05, 0.1) is 17.1 Å². The Hall–Kier alpha value is -2.58. The van der Waals surface area contributed by atoms with Gasteiger partial charge in [0, 0.05) is 18.0 Å². The number of benzene rings is 1. The summed E-state index contributed by atoms with van der Waals surface area (Å²) in [7, 11) is 1.89. The molecule has 1 amide bonds. The number of fused-ring (bicyclic) bond motifs is 1. The van der Waals surface area contributed by atoms with Crippen molar-refractivity contribution in [1.82, 2.24) is 15.1 Å². The number of nitrogens with zero attached hydrogens (tertiary/aromatic N) is 2. The van der Waals surface area contributed by atoms with Crippen LogP contribution >= 0.6 is 11.3 Å². The van der Waals surface area contributed by atoms with Crippen molar-refractivity contribution in [3.8, 4) is 11.8 Å².